The van der Waals surface area contributed by atoms with Crippen LogP contribution in [0.5, 0.6) is 5.75 Å². The van der Waals surface area contributed by atoms with Gasteiger partial charge in [0, 0.05) is 27.4 Å². The topological polar surface area (TPSA) is 82.9 Å². The van der Waals surface area contributed by atoms with E-state index in [1.54, 1.807) is 24.4 Å². The van der Waals surface area contributed by atoms with Crippen LogP contribution < -0.4 is 5.73 Å². The lowest BCUT2D eigenvalue weighted by atomic mass is 9.92. The smallest absolute Gasteiger partial charge is 0.141 e. The standard InChI is InChI=1S/C18H12BrN3O/c19-12-6-7-16(23)13(8-12)17-14(9-20)18(21)22-10-15(17)11-4-2-1-3-5-11/h1-8,10,23H,(H2,21,22). The predicted molar refractivity (Wildman–Crippen MR) is 93.6 cm³/mol. The lowest BCUT2D eigenvalue weighted by Gasteiger charge is -2.14. The van der Waals surface area contributed by atoms with Crippen molar-refractivity contribution in [1.82, 2.24) is 4.98 Å². The molecule has 0 saturated heterocycles. The normalized spacial score (nSPS) is 10.3. The third-order valence-corrected chi connectivity index (χ3v) is 4.03. The average molecular weight is 366 g/mol. The molecule has 1 aromatic heterocycles. The van der Waals surface area contributed by atoms with Crippen molar-refractivity contribution in [2.45, 2.75) is 0 Å². The number of anilines is 1. The van der Waals surface area contributed by atoms with Crippen molar-refractivity contribution in [2.75, 3.05) is 5.73 Å². The van der Waals surface area contributed by atoms with Gasteiger partial charge in [-0.2, -0.15) is 5.26 Å². The van der Waals surface area contributed by atoms with Crippen LogP contribution in [0.2, 0.25) is 0 Å². The van der Waals surface area contributed by atoms with Crippen LogP contribution in [0.4, 0.5) is 5.82 Å². The maximum atomic E-state index is 10.3. The summed E-state index contributed by atoms with van der Waals surface area (Å²) in [5.41, 5.74) is 8.87. The summed E-state index contributed by atoms with van der Waals surface area (Å²) in [4.78, 5) is 4.13. The Labute approximate surface area is 142 Å². The number of hydrogen-bond acceptors (Lipinski definition) is 4. The van der Waals surface area contributed by atoms with Gasteiger partial charge in [0.25, 0.3) is 0 Å². The zero-order valence-corrected chi connectivity index (χ0v) is 13.6. The van der Waals surface area contributed by atoms with E-state index in [-0.39, 0.29) is 17.1 Å². The van der Waals surface area contributed by atoms with E-state index < -0.39 is 0 Å². The Morgan fingerprint density at radius 1 is 1.09 bits per heavy atom. The number of phenolic OH excluding ortho intramolecular Hbond substituents is 1. The van der Waals surface area contributed by atoms with Gasteiger partial charge in [0.2, 0.25) is 0 Å². The monoisotopic (exact) mass is 365 g/mol. The first kappa shape index (κ1) is 15.1. The van der Waals surface area contributed by atoms with Gasteiger partial charge in [-0.15, -0.1) is 0 Å². The summed E-state index contributed by atoms with van der Waals surface area (Å²) in [7, 11) is 0. The molecule has 0 saturated carbocycles. The number of hydrogen-bond donors (Lipinski definition) is 2. The highest BCUT2D eigenvalue weighted by molar-refractivity contribution is 9.10. The number of halogens is 1. The highest BCUT2D eigenvalue weighted by Gasteiger charge is 2.19. The molecule has 5 heteroatoms. The third-order valence-electron chi connectivity index (χ3n) is 3.53. The number of aromatic hydroxyl groups is 1. The summed E-state index contributed by atoms with van der Waals surface area (Å²) in [6, 6.07) is 16.7. The number of rotatable bonds is 2. The molecule has 3 rings (SSSR count). The molecule has 112 valence electrons. The Bertz CT molecular complexity index is 918. The van der Waals surface area contributed by atoms with E-state index in [0.717, 1.165) is 15.6 Å². The molecule has 3 N–H and O–H groups in total. The molecule has 0 aliphatic rings. The van der Waals surface area contributed by atoms with Crippen LogP contribution in [-0.2, 0) is 0 Å². The van der Waals surface area contributed by atoms with Crippen molar-refractivity contribution in [3.8, 4) is 34.1 Å². The van der Waals surface area contributed by atoms with Gasteiger partial charge in [0.1, 0.15) is 23.2 Å². The van der Waals surface area contributed by atoms with Gasteiger partial charge in [-0.25, -0.2) is 4.98 Å². The second-order valence-electron chi connectivity index (χ2n) is 4.95. The van der Waals surface area contributed by atoms with Crippen molar-refractivity contribution in [3.05, 3.63) is 64.8 Å². The minimum Gasteiger partial charge on any atom is -0.507 e. The first-order valence-corrected chi connectivity index (χ1v) is 7.64. The van der Waals surface area contributed by atoms with Crippen LogP contribution in [-0.4, -0.2) is 10.1 Å². The molecule has 0 unspecified atom stereocenters. The van der Waals surface area contributed by atoms with Gasteiger partial charge in [-0.1, -0.05) is 46.3 Å². The number of nitriles is 1. The molecule has 0 amide bonds. The minimum atomic E-state index is 0.0764. The molecule has 0 aliphatic carbocycles. The van der Waals surface area contributed by atoms with Gasteiger partial charge in [-0.3, -0.25) is 0 Å². The summed E-state index contributed by atoms with van der Waals surface area (Å²) >= 11 is 3.40. The van der Waals surface area contributed by atoms with Crippen molar-refractivity contribution in [2.24, 2.45) is 0 Å². The average Bonchev–Trinajstić information content (AvgIpc) is 2.57. The number of nitrogens with two attached hydrogens (primary N) is 1. The molecule has 0 atom stereocenters. The summed E-state index contributed by atoms with van der Waals surface area (Å²) in [6.07, 6.45) is 1.63. The Balaban J connectivity index is 2.40. The third kappa shape index (κ3) is 2.77. The Hall–Kier alpha value is -2.84. The molecule has 0 fully saturated rings. The van der Waals surface area contributed by atoms with Crippen LogP contribution >= 0.6 is 15.9 Å². The quantitative estimate of drug-likeness (QED) is 0.707. The second kappa shape index (κ2) is 6.11. The number of pyridine rings is 1. The summed E-state index contributed by atoms with van der Waals surface area (Å²) in [5, 5.41) is 19.8. The maximum Gasteiger partial charge on any atom is 0.141 e. The van der Waals surface area contributed by atoms with Gasteiger partial charge >= 0.3 is 0 Å². The van der Waals surface area contributed by atoms with Crippen LogP contribution in [0, 0.1) is 11.3 Å². The van der Waals surface area contributed by atoms with E-state index in [9.17, 15) is 10.4 Å². The highest BCUT2D eigenvalue weighted by atomic mass is 79.9. The molecule has 0 aliphatic heterocycles. The number of phenols is 1. The fraction of sp³-hybridized carbons (Fsp3) is 0. The molecule has 0 radical (unpaired) electrons. The Morgan fingerprint density at radius 3 is 2.52 bits per heavy atom. The van der Waals surface area contributed by atoms with Gasteiger partial charge < -0.3 is 10.8 Å². The van der Waals surface area contributed by atoms with Crippen molar-refractivity contribution < 1.29 is 5.11 Å². The van der Waals surface area contributed by atoms with Gasteiger partial charge in [0.05, 0.1) is 0 Å². The summed E-state index contributed by atoms with van der Waals surface area (Å²) in [6.45, 7) is 0. The van der Waals surface area contributed by atoms with E-state index in [0.29, 0.717) is 11.1 Å². The Morgan fingerprint density at radius 2 is 1.83 bits per heavy atom. The molecular weight excluding hydrogens is 354 g/mol. The van der Waals surface area contributed by atoms with Crippen LogP contribution in [0.1, 0.15) is 5.56 Å². The van der Waals surface area contributed by atoms with Gasteiger partial charge in [-0.05, 0) is 23.8 Å². The number of aromatic nitrogens is 1. The van der Waals surface area contributed by atoms with Crippen LogP contribution in [0.15, 0.2) is 59.2 Å². The summed E-state index contributed by atoms with van der Waals surface area (Å²) < 4.78 is 0.795. The van der Waals surface area contributed by atoms with Crippen molar-refractivity contribution in [3.63, 3.8) is 0 Å². The molecule has 3 aromatic rings. The summed E-state index contributed by atoms with van der Waals surface area (Å²) in [5.74, 6) is 0.217. The zero-order chi connectivity index (χ0) is 16.4. The number of nitrogens with zero attached hydrogens (tertiary/aromatic N) is 2. The molecular formula is C18H12BrN3O. The second-order valence-corrected chi connectivity index (χ2v) is 5.86. The lowest BCUT2D eigenvalue weighted by Crippen LogP contribution is -2.00. The fourth-order valence-corrected chi connectivity index (χ4v) is 2.83. The predicted octanol–water partition coefficient (Wildman–Crippen LogP) is 4.34. The maximum absolute atomic E-state index is 10.3. The van der Waals surface area contributed by atoms with E-state index >= 15 is 0 Å². The Kier molecular flexibility index (Phi) is 4.00. The van der Waals surface area contributed by atoms with E-state index in [4.69, 9.17) is 5.73 Å². The van der Waals surface area contributed by atoms with Crippen LogP contribution in [0.3, 0.4) is 0 Å². The van der Waals surface area contributed by atoms with Crippen molar-refractivity contribution >= 4 is 21.7 Å². The first-order valence-electron chi connectivity index (χ1n) is 6.84. The molecule has 1 heterocycles. The molecule has 4 nitrogen and oxygen atoms in total. The highest BCUT2D eigenvalue weighted by Crippen LogP contribution is 2.41. The largest absolute Gasteiger partial charge is 0.507 e. The van der Waals surface area contributed by atoms with Gasteiger partial charge in [0.15, 0.2) is 0 Å². The molecule has 0 spiro atoms. The van der Waals surface area contributed by atoms with Crippen molar-refractivity contribution in [1.29, 1.82) is 5.26 Å². The first-order chi connectivity index (χ1) is 11.1. The van der Waals surface area contributed by atoms with Crippen LogP contribution in [0.25, 0.3) is 22.3 Å². The molecule has 2 aromatic carbocycles. The van der Waals surface area contributed by atoms with E-state index in [2.05, 4.69) is 27.0 Å². The molecule has 0 bridgehead atoms. The fourth-order valence-electron chi connectivity index (χ4n) is 2.46. The minimum absolute atomic E-state index is 0.0764. The zero-order valence-electron chi connectivity index (χ0n) is 12.0. The number of benzene rings is 2. The lowest BCUT2D eigenvalue weighted by molar-refractivity contribution is 0.477. The number of nitrogen functional groups attached to an aromatic ring is 1. The SMILES string of the molecule is N#Cc1c(N)ncc(-c2ccccc2)c1-c1cc(Br)ccc1O. The molecule has 23 heavy (non-hydrogen) atoms. The van der Waals surface area contributed by atoms with E-state index in [1.807, 2.05) is 30.3 Å². The van der Waals surface area contributed by atoms with E-state index in [1.165, 1.54) is 0 Å².